The van der Waals surface area contributed by atoms with Crippen molar-refractivity contribution in [2.45, 2.75) is 12.6 Å². The van der Waals surface area contributed by atoms with Crippen LogP contribution in [0, 0.1) is 11.7 Å². The Morgan fingerprint density at radius 1 is 1.25 bits per heavy atom. The van der Waals surface area contributed by atoms with Crippen molar-refractivity contribution in [2.24, 2.45) is 5.92 Å². The third kappa shape index (κ3) is 4.06. The van der Waals surface area contributed by atoms with Gasteiger partial charge in [-0.25, -0.2) is 14.5 Å². The van der Waals surface area contributed by atoms with Crippen LogP contribution in [0.4, 0.5) is 4.39 Å². The van der Waals surface area contributed by atoms with E-state index >= 15 is 0 Å². The number of hydrazine groups is 1. The lowest BCUT2D eigenvalue weighted by molar-refractivity contribution is 0.384. The summed E-state index contributed by atoms with van der Waals surface area (Å²) in [6.07, 6.45) is 3.69. The predicted molar refractivity (Wildman–Crippen MR) is 106 cm³/mol. The maximum absolute atomic E-state index is 14.0. The van der Waals surface area contributed by atoms with Gasteiger partial charge >= 0.3 is 0 Å². The van der Waals surface area contributed by atoms with Gasteiger partial charge in [-0.1, -0.05) is 18.2 Å². The summed E-state index contributed by atoms with van der Waals surface area (Å²) in [6, 6.07) is 15.4. The molecular formula is C21H24FN5O. The van der Waals surface area contributed by atoms with Gasteiger partial charge in [-0.15, -0.1) is 0 Å². The first kappa shape index (κ1) is 18.6. The number of methoxy groups -OCH3 is 1. The molecule has 1 aliphatic rings. The molecular weight excluding hydrogens is 357 g/mol. The second kappa shape index (κ2) is 8.52. The first-order valence-electron chi connectivity index (χ1n) is 9.36. The SMILES string of the molecule is COc1ccc(C2NNCC2CNCc2ccc(-n3cccn3)cc2)cc1F. The highest BCUT2D eigenvalue weighted by atomic mass is 19.1. The molecule has 0 saturated carbocycles. The van der Waals surface area contributed by atoms with E-state index in [1.165, 1.54) is 12.7 Å². The first-order chi connectivity index (χ1) is 13.7. The van der Waals surface area contributed by atoms with Crippen LogP contribution in [0.25, 0.3) is 5.69 Å². The van der Waals surface area contributed by atoms with E-state index in [9.17, 15) is 4.39 Å². The first-order valence-corrected chi connectivity index (χ1v) is 9.36. The van der Waals surface area contributed by atoms with Crippen LogP contribution in [0.1, 0.15) is 17.2 Å². The summed E-state index contributed by atoms with van der Waals surface area (Å²) in [5.74, 6) is 0.247. The van der Waals surface area contributed by atoms with Crippen molar-refractivity contribution >= 4 is 0 Å². The van der Waals surface area contributed by atoms with Crippen LogP contribution in [0.3, 0.4) is 0 Å². The molecule has 1 aromatic heterocycles. The molecule has 7 heteroatoms. The second-order valence-electron chi connectivity index (χ2n) is 6.90. The van der Waals surface area contributed by atoms with Gasteiger partial charge in [0.2, 0.25) is 0 Å². The minimum Gasteiger partial charge on any atom is -0.494 e. The monoisotopic (exact) mass is 381 g/mol. The number of aromatic nitrogens is 2. The summed E-state index contributed by atoms with van der Waals surface area (Å²) in [4.78, 5) is 0. The summed E-state index contributed by atoms with van der Waals surface area (Å²) in [7, 11) is 1.47. The molecule has 2 unspecified atom stereocenters. The van der Waals surface area contributed by atoms with Gasteiger partial charge in [-0.3, -0.25) is 5.43 Å². The molecule has 1 saturated heterocycles. The molecule has 0 radical (unpaired) electrons. The smallest absolute Gasteiger partial charge is 0.165 e. The van der Waals surface area contributed by atoms with E-state index in [4.69, 9.17) is 4.74 Å². The number of ether oxygens (including phenoxy) is 1. The van der Waals surface area contributed by atoms with E-state index in [1.807, 2.05) is 23.0 Å². The van der Waals surface area contributed by atoms with Crippen molar-refractivity contribution in [1.29, 1.82) is 0 Å². The number of nitrogens with zero attached hydrogens (tertiary/aromatic N) is 2. The minimum absolute atomic E-state index is 0.0510. The fourth-order valence-corrected chi connectivity index (χ4v) is 3.55. The highest BCUT2D eigenvalue weighted by molar-refractivity contribution is 5.34. The summed E-state index contributed by atoms with van der Waals surface area (Å²) < 4.78 is 20.9. The van der Waals surface area contributed by atoms with Gasteiger partial charge < -0.3 is 10.1 Å². The van der Waals surface area contributed by atoms with E-state index in [0.29, 0.717) is 5.92 Å². The Balaban J connectivity index is 1.33. The van der Waals surface area contributed by atoms with Gasteiger partial charge in [0.15, 0.2) is 11.6 Å². The number of halogens is 1. The van der Waals surface area contributed by atoms with Gasteiger partial charge in [0.1, 0.15) is 0 Å². The van der Waals surface area contributed by atoms with Crippen molar-refractivity contribution in [1.82, 2.24) is 25.9 Å². The van der Waals surface area contributed by atoms with Crippen molar-refractivity contribution in [3.8, 4) is 11.4 Å². The summed E-state index contributed by atoms with van der Waals surface area (Å²) >= 11 is 0. The van der Waals surface area contributed by atoms with Crippen molar-refractivity contribution in [2.75, 3.05) is 20.2 Å². The van der Waals surface area contributed by atoms with E-state index in [1.54, 1.807) is 18.3 Å². The zero-order valence-corrected chi connectivity index (χ0v) is 15.7. The minimum atomic E-state index is -0.335. The average molecular weight is 381 g/mol. The van der Waals surface area contributed by atoms with Crippen molar-refractivity contribution in [3.63, 3.8) is 0 Å². The lowest BCUT2D eigenvalue weighted by atomic mass is 9.94. The molecule has 0 aliphatic carbocycles. The largest absolute Gasteiger partial charge is 0.494 e. The van der Waals surface area contributed by atoms with E-state index in [-0.39, 0.29) is 17.6 Å². The Morgan fingerprint density at radius 2 is 2.11 bits per heavy atom. The van der Waals surface area contributed by atoms with Gasteiger partial charge in [0, 0.05) is 37.9 Å². The van der Waals surface area contributed by atoms with Crippen LogP contribution in [0.2, 0.25) is 0 Å². The average Bonchev–Trinajstić information content (AvgIpc) is 3.41. The van der Waals surface area contributed by atoms with Crippen LogP contribution >= 0.6 is 0 Å². The Hall–Kier alpha value is -2.74. The number of hydrogen-bond acceptors (Lipinski definition) is 5. The lowest BCUT2D eigenvalue weighted by Crippen LogP contribution is -2.28. The quantitative estimate of drug-likeness (QED) is 0.587. The molecule has 146 valence electrons. The molecule has 0 bridgehead atoms. The highest BCUT2D eigenvalue weighted by Crippen LogP contribution is 2.28. The van der Waals surface area contributed by atoms with Crippen LogP contribution in [0.5, 0.6) is 5.75 Å². The maximum atomic E-state index is 14.0. The van der Waals surface area contributed by atoms with Crippen LogP contribution < -0.4 is 20.9 Å². The Labute approximate surface area is 163 Å². The molecule has 1 aliphatic heterocycles. The number of benzene rings is 2. The van der Waals surface area contributed by atoms with E-state index in [2.05, 4.69) is 45.5 Å². The Morgan fingerprint density at radius 3 is 2.82 bits per heavy atom. The normalized spacial score (nSPS) is 19.1. The van der Waals surface area contributed by atoms with E-state index in [0.717, 1.165) is 30.9 Å². The van der Waals surface area contributed by atoms with Crippen molar-refractivity contribution in [3.05, 3.63) is 77.9 Å². The number of hydrogen-bond donors (Lipinski definition) is 3. The van der Waals surface area contributed by atoms with Crippen LogP contribution in [-0.2, 0) is 6.54 Å². The zero-order chi connectivity index (χ0) is 19.3. The van der Waals surface area contributed by atoms with Gasteiger partial charge in [0.25, 0.3) is 0 Å². The molecule has 3 N–H and O–H groups in total. The van der Waals surface area contributed by atoms with Crippen LogP contribution in [-0.4, -0.2) is 30.0 Å². The molecule has 3 aromatic rings. The molecule has 2 atom stereocenters. The third-order valence-electron chi connectivity index (χ3n) is 5.07. The molecule has 4 rings (SSSR count). The number of nitrogens with one attached hydrogen (secondary N) is 3. The van der Waals surface area contributed by atoms with E-state index < -0.39 is 0 Å². The predicted octanol–water partition coefficient (Wildman–Crippen LogP) is 2.57. The highest BCUT2D eigenvalue weighted by Gasteiger charge is 2.28. The van der Waals surface area contributed by atoms with Gasteiger partial charge in [-0.05, 0) is 41.5 Å². The Kier molecular flexibility index (Phi) is 5.66. The molecule has 2 heterocycles. The third-order valence-corrected chi connectivity index (χ3v) is 5.07. The summed E-state index contributed by atoms with van der Waals surface area (Å²) in [5.41, 5.74) is 9.61. The molecule has 28 heavy (non-hydrogen) atoms. The second-order valence-corrected chi connectivity index (χ2v) is 6.90. The molecule has 6 nitrogen and oxygen atoms in total. The Bertz CT molecular complexity index is 898. The van der Waals surface area contributed by atoms with Crippen LogP contribution in [0.15, 0.2) is 60.9 Å². The lowest BCUT2D eigenvalue weighted by Gasteiger charge is -2.20. The molecule has 1 fully saturated rings. The standard InChI is InChI=1S/C21H24FN5O/c1-28-20-8-5-16(11-19(20)22)21-17(14-24-26-21)13-23-12-15-3-6-18(7-4-15)27-10-2-9-25-27/h2-11,17,21,23-24,26H,12-14H2,1H3. The summed E-state index contributed by atoms with van der Waals surface area (Å²) in [5, 5.41) is 7.75. The fraction of sp³-hybridized carbons (Fsp3) is 0.286. The number of rotatable bonds is 7. The fourth-order valence-electron chi connectivity index (χ4n) is 3.55. The van der Waals surface area contributed by atoms with Gasteiger partial charge in [0.05, 0.1) is 18.8 Å². The molecule has 0 spiro atoms. The topological polar surface area (TPSA) is 63.1 Å². The summed E-state index contributed by atoms with van der Waals surface area (Å²) in [6.45, 7) is 2.42. The maximum Gasteiger partial charge on any atom is 0.165 e. The van der Waals surface area contributed by atoms with Crippen molar-refractivity contribution < 1.29 is 9.13 Å². The van der Waals surface area contributed by atoms with Gasteiger partial charge in [-0.2, -0.15) is 5.10 Å². The molecule has 0 amide bonds. The molecule has 2 aromatic carbocycles. The zero-order valence-electron chi connectivity index (χ0n) is 15.7.